The van der Waals surface area contributed by atoms with Gasteiger partial charge in [-0.05, 0) is 44.5 Å². The van der Waals surface area contributed by atoms with Crippen LogP contribution in [0, 0.1) is 13.8 Å². The quantitative estimate of drug-likeness (QED) is 0.239. The fourth-order valence-corrected chi connectivity index (χ4v) is 2.66. The summed E-state index contributed by atoms with van der Waals surface area (Å²) in [7, 11) is 1.66. The van der Waals surface area contributed by atoms with Gasteiger partial charge in [-0.15, -0.1) is 24.0 Å². The Morgan fingerprint density at radius 1 is 1.17 bits per heavy atom. The van der Waals surface area contributed by atoms with Crippen LogP contribution < -0.4 is 15.4 Å². The van der Waals surface area contributed by atoms with Gasteiger partial charge in [0.1, 0.15) is 12.4 Å². The Kier molecular flexibility index (Phi) is 10.3. The van der Waals surface area contributed by atoms with Crippen molar-refractivity contribution in [2.75, 3.05) is 26.7 Å². The van der Waals surface area contributed by atoms with Gasteiger partial charge in [-0.2, -0.15) is 18.3 Å². The van der Waals surface area contributed by atoms with Crippen molar-refractivity contribution in [2.24, 2.45) is 4.99 Å². The predicted octanol–water partition coefficient (Wildman–Crippen LogP) is 3.77. The van der Waals surface area contributed by atoms with Gasteiger partial charge in [0.15, 0.2) is 5.96 Å². The molecule has 1 aromatic heterocycles. The van der Waals surface area contributed by atoms with Crippen molar-refractivity contribution in [3.8, 4) is 5.75 Å². The normalized spacial score (nSPS) is 11.7. The number of ether oxygens (including phenoxy) is 1. The van der Waals surface area contributed by atoms with E-state index in [0.717, 1.165) is 36.5 Å². The highest BCUT2D eigenvalue weighted by Gasteiger charge is 2.30. The Balaban J connectivity index is 0.00000420. The molecule has 0 unspecified atom stereocenters. The van der Waals surface area contributed by atoms with E-state index in [1.54, 1.807) is 7.05 Å². The number of halogens is 4. The summed E-state index contributed by atoms with van der Waals surface area (Å²) >= 11 is 0. The van der Waals surface area contributed by atoms with E-state index in [1.807, 2.05) is 24.6 Å². The Morgan fingerprint density at radius 2 is 1.90 bits per heavy atom. The van der Waals surface area contributed by atoms with Crippen LogP contribution >= 0.6 is 24.0 Å². The van der Waals surface area contributed by atoms with Gasteiger partial charge in [-0.3, -0.25) is 9.67 Å². The van der Waals surface area contributed by atoms with Crippen molar-refractivity contribution in [2.45, 2.75) is 33.0 Å². The summed E-state index contributed by atoms with van der Waals surface area (Å²) < 4.78 is 45.4. The van der Waals surface area contributed by atoms with Gasteiger partial charge in [-0.1, -0.05) is 6.07 Å². The summed E-state index contributed by atoms with van der Waals surface area (Å²) in [5, 5.41) is 10.7. The molecule has 0 aliphatic carbocycles. The first-order valence-corrected chi connectivity index (χ1v) is 9.05. The molecule has 2 rings (SSSR count). The van der Waals surface area contributed by atoms with E-state index in [4.69, 9.17) is 4.74 Å². The van der Waals surface area contributed by atoms with Crippen LogP contribution in [0.1, 0.15) is 23.4 Å². The van der Waals surface area contributed by atoms with Crippen molar-refractivity contribution in [3.63, 3.8) is 0 Å². The number of hydrogen-bond acceptors (Lipinski definition) is 3. The monoisotopic (exact) mass is 525 g/mol. The van der Waals surface area contributed by atoms with Crippen LogP contribution in [0.2, 0.25) is 0 Å². The van der Waals surface area contributed by atoms with Crippen molar-refractivity contribution < 1.29 is 17.9 Å². The van der Waals surface area contributed by atoms with Gasteiger partial charge < -0.3 is 15.4 Å². The molecular formula is C19H27F3IN5O. The number of benzene rings is 1. The summed E-state index contributed by atoms with van der Waals surface area (Å²) in [6.07, 6.45) is -3.50. The average Bonchev–Trinajstić information content (AvgIpc) is 2.97. The lowest BCUT2D eigenvalue weighted by Crippen LogP contribution is -2.39. The van der Waals surface area contributed by atoms with Crippen molar-refractivity contribution in [3.05, 3.63) is 47.3 Å². The molecule has 10 heteroatoms. The number of alkyl halides is 3. The molecule has 162 valence electrons. The first kappa shape index (κ1) is 25.1. The summed E-state index contributed by atoms with van der Waals surface area (Å²) in [5.74, 6) is 0.797. The predicted molar refractivity (Wildman–Crippen MR) is 118 cm³/mol. The first-order valence-electron chi connectivity index (χ1n) is 9.05. The first-order chi connectivity index (χ1) is 13.3. The molecule has 0 atom stereocenters. The maximum atomic E-state index is 12.7. The number of hydrogen-bond donors (Lipinski definition) is 2. The fourth-order valence-electron chi connectivity index (χ4n) is 2.66. The highest BCUT2D eigenvalue weighted by Crippen LogP contribution is 2.31. The number of nitrogens with one attached hydrogen (secondary N) is 2. The van der Waals surface area contributed by atoms with Crippen LogP contribution in [0.15, 0.2) is 35.3 Å². The Bertz CT molecular complexity index is 792. The maximum Gasteiger partial charge on any atom is 0.416 e. The number of aryl methyl sites for hydroxylation is 3. The highest BCUT2D eigenvalue weighted by molar-refractivity contribution is 14.0. The highest BCUT2D eigenvalue weighted by atomic mass is 127. The Hall–Kier alpha value is -1.98. The zero-order valence-corrected chi connectivity index (χ0v) is 19.0. The molecule has 29 heavy (non-hydrogen) atoms. The maximum absolute atomic E-state index is 12.7. The third-order valence-electron chi connectivity index (χ3n) is 3.99. The lowest BCUT2D eigenvalue weighted by Gasteiger charge is -2.13. The second-order valence-corrected chi connectivity index (χ2v) is 6.30. The van der Waals surface area contributed by atoms with E-state index in [1.165, 1.54) is 12.1 Å². The van der Waals surface area contributed by atoms with Crippen molar-refractivity contribution in [1.29, 1.82) is 0 Å². The minimum Gasteiger partial charge on any atom is -0.492 e. The van der Waals surface area contributed by atoms with Crippen molar-refractivity contribution in [1.82, 2.24) is 20.4 Å². The zero-order valence-electron chi connectivity index (χ0n) is 16.7. The van der Waals surface area contributed by atoms with Crippen LogP contribution in [0.3, 0.4) is 0 Å². The Morgan fingerprint density at radius 3 is 2.52 bits per heavy atom. The van der Waals surface area contributed by atoms with Gasteiger partial charge >= 0.3 is 6.18 Å². The number of aliphatic imine (C=N–C) groups is 1. The molecule has 6 nitrogen and oxygen atoms in total. The molecule has 0 fully saturated rings. The molecule has 0 aliphatic rings. The third-order valence-corrected chi connectivity index (χ3v) is 3.99. The summed E-state index contributed by atoms with van der Waals surface area (Å²) in [6, 6.07) is 6.88. The number of aromatic nitrogens is 2. The van der Waals surface area contributed by atoms with Crippen molar-refractivity contribution >= 4 is 29.9 Å². The molecule has 0 spiro atoms. The molecule has 2 N–H and O–H groups in total. The second kappa shape index (κ2) is 11.9. The number of nitrogens with zero attached hydrogens (tertiary/aromatic N) is 3. The summed E-state index contributed by atoms with van der Waals surface area (Å²) in [6.45, 7) is 6.14. The van der Waals surface area contributed by atoms with E-state index in [9.17, 15) is 13.2 Å². The van der Waals surface area contributed by atoms with Gasteiger partial charge in [0.2, 0.25) is 0 Å². The zero-order chi connectivity index (χ0) is 20.6. The van der Waals surface area contributed by atoms with E-state index < -0.39 is 11.7 Å². The summed E-state index contributed by atoms with van der Waals surface area (Å²) in [4.78, 5) is 4.11. The van der Waals surface area contributed by atoms with E-state index in [0.29, 0.717) is 19.0 Å². The molecular weight excluding hydrogens is 498 g/mol. The topological polar surface area (TPSA) is 63.5 Å². The van der Waals surface area contributed by atoms with E-state index in [2.05, 4.69) is 20.7 Å². The minimum absolute atomic E-state index is 0. The molecule has 0 amide bonds. The van der Waals surface area contributed by atoms with Gasteiger partial charge in [0.05, 0.1) is 17.8 Å². The average molecular weight is 525 g/mol. The second-order valence-electron chi connectivity index (χ2n) is 6.30. The van der Waals surface area contributed by atoms with Gasteiger partial charge in [0.25, 0.3) is 0 Å². The SMILES string of the molecule is CN=C(NCCCn1nc(C)cc1C)NCCOc1cccc(C(F)(F)F)c1.I. The lowest BCUT2D eigenvalue weighted by molar-refractivity contribution is -0.137. The Labute approximate surface area is 185 Å². The molecule has 0 saturated carbocycles. The molecule has 1 heterocycles. The van der Waals surface area contributed by atoms with E-state index in [-0.39, 0.29) is 36.3 Å². The lowest BCUT2D eigenvalue weighted by atomic mass is 10.2. The van der Waals surface area contributed by atoms with Gasteiger partial charge in [-0.25, -0.2) is 0 Å². The molecule has 0 saturated heterocycles. The molecule has 0 aliphatic heterocycles. The van der Waals surface area contributed by atoms with E-state index >= 15 is 0 Å². The molecule has 0 radical (unpaired) electrons. The minimum atomic E-state index is -4.38. The van der Waals surface area contributed by atoms with Crippen LogP contribution in [0.25, 0.3) is 0 Å². The smallest absolute Gasteiger partial charge is 0.416 e. The van der Waals surface area contributed by atoms with Crippen LogP contribution in [0.4, 0.5) is 13.2 Å². The van der Waals surface area contributed by atoms with Crippen LogP contribution in [-0.4, -0.2) is 42.5 Å². The van der Waals surface area contributed by atoms with Crippen LogP contribution in [0.5, 0.6) is 5.75 Å². The number of rotatable bonds is 8. The van der Waals surface area contributed by atoms with Gasteiger partial charge in [0, 0.05) is 25.8 Å². The molecule has 2 aromatic rings. The summed E-state index contributed by atoms with van der Waals surface area (Å²) in [5.41, 5.74) is 1.41. The largest absolute Gasteiger partial charge is 0.492 e. The van der Waals surface area contributed by atoms with Crippen LogP contribution in [-0.2, 0) is 12.7 Å². The molecule has 0 bridgehead atoms. The standard InChI is InChI=1S/C19H26F3N5O.HI/c1-14-12-15(2)27(26-14)10-5-8-24-18(23-3)25-9-11-28-17-7-4-6-16(13-17)19(20,21)22;/h4,6-7,12-13H,5,8-11H2,1-3H3,(H2,23,24,25);1H. The number of guanidine groups is 1. The fraction of sp³-hybridized carbons (Fsp3) is 0.474. The molecule has 1 aromatic carbocycles. The third kappa shape index (κ3) is 8.50.